The molecule has 0 saturated heterocycles. The van der Waals surface area contributed by atoms with Crippen LogP contribution in [0.15, 0.2) is 53.9 Å². The van der Waals surface area contributed by atoms with Crippen molar-refractivity contribution in [3.05, 3.63) is 53.9 Å². The lowest BCUT2D eigenvalue weighted by Gasteiger charge is -1.84. The third-order valence-electron chi connectivity index (χ3n) is 1.29. The molecule has 0 amide bonds. The predicted octanol–water partition coefficient (Wildman–Crippen LogP) is 4.43. The van der Waals surface area contributed by atoms with Gasteiger partial charge in [-0.05, 0) is 22.9 Å². The fraction of sp³-hybridized carbons (Fsp3) is 0. The molecule has 0 spiro atoms. The molecule has 0 aliphatic rings. The van der Waals surface area contributed by atoms with E-state index in [1.807, 2.05) is 0 Å². The van der Waals surface area contributed by atoms with Gasteiger partial charge in [-0.15, -0.1) is 28.4 Å². The van der Waals surface area contributed by atoms with Crippen LogP contribution in [0, 0.1) is 0 Å². The highest BCUT2D eigenvalue weighted by atomic mass is 32.1. The highest BCUT2D eigenvalue weighted by molar-refractivity contribution is 7.20. The first-order valence-electron chi connectivity index (χ1n) is 3.75. The topological polar surface area (TPSA) is 0 Å². The molecule has 2 aromatic rings. The largest absolute Gasteiger partial charge is 0.143 e. The van der Waals surface area contributed by atoms with Gasteiger partial charge in [0.1, 0.15) is 0 Å². The molecule has 0 bridgehead atoms. The van der Waals surface area contributed by atoms with Crippen LogP contribution in [0.5, 0.6) is 0 Å². The quantitative estimate of drug-likeness (QED) is 0.605. The van der Waals surface area contributed by atoms with Gasteiger partial charge in [-0.3, -0.25) is 0 Å². The normalized spacial score (nSPS) is 8.31. The highest BCUT2D eigenvalue weighted by Gasteiger charge is 1.96. The summed E-state index contributed by atoms with van der Waals surface area (Å²) in [6.45, 7) is 6.25. The second kappa shape index (κ2) is 5.55. The van der Waals surface area contributed by atoms with Gasteiger partial charge in [0.05, 0.1) is 0 Å². The Morgan fingerprint density at radius 3 is 1.54 bits per heavy atom. The van der Waals surface area contributed by atoms with Gasteiger partial charge in [-0.1, -0.05) is 25.3 Å². The van der Waals surface area contributed by atoms with Gasteiger partial charge in [0, 0.05) is 9.75 Å². The van der Waals surface area contributed by atoms with Crippen molar-refractivity contribution < 1.29 is 0 Å². The summed E-state index contributed by atoms with van der Waals surface area (Å²) >= 11 is 3.58. The smallest absolute Gasteiger partial charge is 0.0442 e. The lowest BCUT2D eigenvalue weighted by Crippen LogP contribution is -1.55. The molecule has 0 radical (unpaired) electrons. The maximum Gasteiger partial charge on any atom is 0.0442 e. The Balaban J connectivity index is 0.000000251. The third kappa shape index (κ3) is 3.03. The van der Waals surface area contributed by atoms with Crippen molar-refractivity contribution in [2.24, 2.45) is 0 Å². The van der Waals surface area contributed by atoms with Crippen LogP contribution in [-0.2, 0) is 0 Å². The highest BCUT2D eigenvalue weighted by Crippen LogP contribution is 2.28. The summed E-state index contributed by atoms with van der Waals surface area (Å²) in [6, 6.07) is 8.46. The molecule has 2 heteroatoms. The van der Waals surface area contributed by atoms with E-state index in [4.69, 9.17) is 0 Å². The summed E-state index contributed by atoms with van der Waals surface area (Å²) in [5, 5.41) is 4.21. The summed E-state index contributed by atoms with van der Waals surface area (Å²) in [4.78, 5) is 2.74. The van der Waals surface area contributed by atoms with Crippen LogP contribution in [-0.4, -0.2) is 0 Å². The van der Waals surface area contributed by atoms with Crippen molar-refractivity contribution in [3.63, 3.8) is 0 Å². The van der Waals surface area contributed by atoms with E-state index in [2.05, 4.69) is 53.9 Å². The molecule has 0 fully saturated rings. The van der Waals surface area contributed by atoms with E-state index in [-0.39, 0.29) is 0 Å². The Kier molecular flexibility index (Phi) is 4.27. The standard InChI is InChI=1S/C8H6S2.C3H4/c1-3-7(9-5-1)8-4-2-6-10-8;1-3-2/h1-6H;1-2H2. The lowest BCUT2D eigenvalue weighted by molar-refractivity contribution is 1.93. The minimum atomic E-state index is 1.37. The van der Waals surface area contributed by atoms with Crippen molar-refractivity contribution in [3.8, 4) is 9.75 Å². The van der Waals surface area contributed by atoms with Crippen LogP contribution in [0.3, 0.4) is 0 Å². The van der Waals surface area contributed by atoms with Crippen molar-refractivity contribution in [2.45, 2.75) is 0 Å². The second-order valence-electron chi connectivity index (χ2n) is 2.20. The third-order valence-corrected chi connectivity index (χ3v) is 3.22. The zero-order chi connectivity index (χ0) is 9.52. The molecule has 2 heterocycles. The van der Waals surface area contributed by atoms with Gasteiger partial charge in [-0.2, -0.15) is 0 Å². The van der Waals surface area contributed by atoms with E-state index in [0.29, 0.717) is 0 Å². The van der Waals surface area contributed by atoms with Gasteiger partial charge >= 0.3 is 0 Å². The van der Waals surface area contributed by atoms with Crippen LogP contribution in [0.2, 0.25) is 0 Å². The zero-order valence-electron chi connectivity index (χ0n) is 7.19. The summed E-state index contributed by atoms with van der Waals surface area (Å²) in [7, 11) is 0. The molecule has 0 aliphatic carbocycles. The maximum atomic E-state index is 3.12. The van der Waals surface area contributed by atoms with Crippen LogP contribution in [0.1, 0.15) is 0 Å². The van der Waals surface area contributed by atoms with Gasteiger partial charge < -0.3 is 0 Å². The summed E-state index contributed by atoms with van der Waals surface area (Å²) in [6.07, 6.45) is 0. The Morgan fingerprint density at radius 2 is 1.31 bits per heavy atom. The summed E-state index contributed by atoms with van der Waals surface area (Å²) < 4.78 is 0. The SMILES string of the molecule is C=C=C.c1csc(-c2cccs2)c1. The van der Waals surface area contributed by atoms with Crippen LogP contribution in [0.4, 0.5) is 0 Å². The van der Waals surface area contributed by atoms with Crippen molar-refractivity contribution in [1.82, 2.24) is 0 Å². The van der Waals surface area contributed by atoms with Gasteiger partial charge in [0.25, 0.3) is 0 Å². The van der Waals surface area contributed by atoms with Crippen LogP contribution >= 0.6 is 22.7 Å². The minimum Gasteiger partial charge on any atom is -0.143 e. The maximum absolute atomic E-state index is 3.12. The van der Waals surface area contributed by atoms with Gasteiger partial charge in [0.2, 0.25) is 0 Å². The molecule has 0 unspecified atom stereocenters. The van der Waals surface area contributed by atoms with Gasteiger partial charge in [-0.25, -0.2) is 0 Å². The molecule has 0 saturated carbocycles. The number of thiophene rings is 2. The van der Waals surface area contributed by atoms with Gasteiger partial charge in [0.15, 0.2) is 0 Å². The van der Waals surface area contributed by atoms with E-state index < -0.39 is 0 Å². The molecular formula is C11H10S2. The van der Waals surface area contributed by atoms with Crippen molar-refractivity contribution in [1.29, 1.82) is 0 Å². The van der Waals surface area contributed by atoms with E-state index in [0.717, 1.165) is 0 Å². The number of hydrogen-bond acceptors (Lipinski definition) is 2. The van der Waals surface area contributed by atoms with Crippen molar-refractivity contribution >= 4 is 22.7 Å². The van der Waals surface area contributed by atoms with E-state index >= 15 is 0 Å². The fourth-order valence-electron chi connectivity index (χ4n) is 0.838. The number of rotatable bonds is 1. The Hall–Kier alpha value is -1.08. The first-order valence-corrected chi connectivity index (χ1v) is 5.51. The first-order chi connectivity index (χ1) is 6.38. The monoisotopic (exact) mass is 206 g/mol. The van der Waals surface area contributed by atoms with Crippen molar-refractivity contribution in [2.75, 3.05) is 0 Å². The average Bonchev–Trinajstić information content (AvgIpc) is 2.78. The van der Waals surface area contributed by atoms with Crippen LogP contribution < -0.4 is 0 Å². The molecule has 66 valence electrons. The molecule has 0 N–H and O–H groups in total. The lowest BCUT2D eigenvalue weighted by atomic mass is 10.4. The zero-order valence-corrected chi connectivity index (χ0v) is 8.83. The van der Waals surface area contributed by atoms with E-state index in [1.54, 1.807) is 22.7 Å². The fourth-order valence-corrected chi connectivity index (χ4v) is 2.42. The summed E-state index contributed by atoms with van der Waals surface area (Å²) in [5.41, 5.74) is 2.25. The Labute approximate surface area is 86.5 Å². The van der Waals surface area contributed by atoms with E-state index in [9.17, 15) is 0 Å². The molecule has 13 heavy (non-hydrogen) atoms. The first kappa shape index (κ1) is 10.0. The molecule has 2 rings (SSSR count). The summed E-state index contributed by atoms with van der Waals surface area (Å²) in [5.74, 6) is 0. The average molecular weight is 206 g/mol. The molecule has 0 aromatic carbocycles. The number of hydrogen-bond donors (Lipinski definition) is 0. The molecular weight excluding hydrogens is 196 g/mol. The molecule has 2 aromatic heterocycles. The minimum absolute atomic E-state index is 1.37. The molecule has 0 atom stereocenters. The second-order valence-corrected chi connectivity index (χ2v) is 4.10. The Morgan fingerprint density at radius 1 is 0.923 bits per heavy atom. The van der Waals surface area contributed by atoms with Crippen LogP contribution in [0.25, 0.3) is 9.75 Å². The molecule has 0 aliphatic heterocycles. The molecule has 0 nitrogen and oxygen atoms in total. The predicted molar refractivity (Wildman–Crippen MR) is 62.4 cm³/mol. The van der Waals surface area contributed by atoms with E-state index in [1.165, 1.54) is 9.75 Å². The Bertz CT molecular complexity index is 316.